The molecule has 0 radical (unpaired) electrons. The zero-order valence-electron chi connectivity index (χ0n) is 11.0. The van der Waals surface area contributed by atoms with Crippen molar-refractivity contribution < 1.29 is 14.7 Å². The van der Waals surface area contributed by atoms with E-state index in [0.717, 1.165) is 12.0 Å². The van der Waals surface area contributed by atoms with Gasteiger partial charge in [-0.25, -0.2) is 4.79 Å². The lowest BCUT2D eigenvalue weighted by Gasteiger charge is -2.38. The number of carbonyl (C=O) groups is 2. The Labute approximate surface area is 119 Å². The van der Waals surface area contributed by atoms with E-state index in [4.69, 9.17) is 0 Å². The number of hydrogen-bond donors (Lipinski definition) is 3. The molecular formula is C13H13N5O3. The Morgan fingerprint density at radius 1 is 1.24 bits per heavy atom. The van der Waals surface area contributed by atoms with E-state index in [2.05, 4.69) is 25.9 Å². The van der Waals surface area contributed by atoms with Crippen molar-refractivity contribution in [3.05, 3.63) is 29.8 Å². The van der Waals surface area contributed by atoms with Gasteiger partial charge in [0, 0.05) is 11.1 Å². The lowest BCUT2D eigenvalue weighted by Crippen LogP contribution is -2.59. The number of tetrazole rings is 1. The highest BCUT2D eigenvalue weighted by Gasteiger charge is 2.45. The molecule has 0 bridgehead atoms. The van der Waals surface area contributed by atoms with Crippen LogP contribution < -0.4 is 5.32 Å². The van der Waals surface area contributed by atoms with Gasteiger partial charge in [0.05, 0.1) is 0 Å². The molecule has 8 nitrogen and oxygen atoms in total. The van der Waals surface area contributed by atoms with Gasteiger partial charge in [0.2, 0.25) is 5.82 Å². The summed E-state index contributed by atoms with van der Waals surface area (Å²) in [5.41, 5.74) is 0.00957. The maximum absolute atomic E-state index is 12.1. The number of benzene rings is 1. The van der Waals surface area contributed by atoms with Gasteiger partial charge >= 0.3 is 5.97 Å². The highest BCUT2D eigenvalue weighted by molar-refractivity contribution is 5.98. The first-order valence-corrected chi connectivity index (χ1v) is 6.50. The number of aliphatic carboxylic acids is 1. The first-order valence-electron chi connectivity index (χ1n) is 6.50. The topological polar surface area (TPSA) is 121 Å². The Kier molecular flexibility index (Phi) is 3.13. The Morgan fingerprint density at radius 3 is 2.43 bits per heavy atom. The minimum atomic E-state index is -1.11. The molecule has 3 rings (SSSR count). The third kappa shape index (κ3) is 2.35. The molecule has 21 heavy (non-hydrogen) atoms. The molecule has 3 N–H and O–H groups in total. The molecule has 0 saturated heterocycles. The van der Waals surface area contributed by atoms with E-state index in [1.54, 1.807) is 24.3 Å². The van der Waals surface area contributed by atoms with Crippen molar-refractivity contribution >= 4 is 11.9 Å². The van der Waals surface area contributed by atoms with E-state index in [1.807, 2.05) is 0 Å². The van der Waals surface area contributed by atoms with Crippen LogP contribution in [-0.2, 0) is 4.79 Å². The van der Waals surface area contributed by atoms with Crippen molar-refractivity contribution in [1.29, 1.82) is 0 Å². The van der Waals surface area contributed by atoms with Crippen molar-refractivity contribution in [2.45, 2.75) is 24.8 Å². The summed E-state index contributed by atoms with van der Waals surface area (Å²) in [4.78, 5) is 23.4. The summed E-state index contributed by atoms with van der Waals surface area (Å²) in [6.07, 6.45) is 1.74. The molecule has 0 spiro atoms. The predicted molar refractivity (Wildman–Crippen MR) is 71.3 cm³/mol. The molecule has 0 aliphatic heterocycles. The van der Waals surface area contributed by atoms with Gasteiger partial charge in [0.15, 0.2) is 0 Å². The van der Waals surface area contributed by atoms with Crippen LogP contribution in [0.15, 0.2) is 24.3 Å². The van der Waals surface area contributed by atoms with E-state index in [9.17, 15) is 14.7 Å². The Morgan fingerprint density at radius 2 is 1.95 bits per heavy atom. The highest BCUT2D eigenvalue weighted by Crippen LogP contribution is 2.32. The number of carboxylic acid groups (broad SMARTS) is 1. The summed E-state index contributed by atoms with van der Waals surface area (Å²) in [7, 11) is 0. The molecule has 0 atom stereocenters. The summed E-state index contributed by atoms with van der Waals surface area (Å²) in [5, 5.41) is 25.3. The van der Waals surface area contributed by atoms with Crippen LogP contribution in [0, 0.1) is 0 Å². The van der Waals surface area contributed by atoms with Crippen LogP contribution >= 0.6 is 0 Å². The van der Waals surface area contributed by atoms with Crippen LogP contribution in [0.4, 0.5) is 0 Å². The second kappa shape index (κ2) is 4.97. The Hall–Kier alpha value is -2.77. The summed E-state index contributed by atoms with van der Waals surface area (Å²) < 4.78 is 0. The third-order valence-electron chi connectivity index (χ3n) is 3.72. The average Bonchev–Trinajstić information content (AvgIpc) is 2.96. The number of aromatic amines is 1. The number of nitrogens with one attached hydrogen (secondary N) is 2. The monoisotopic (exact) mass is 287 g/mol. The maximum Gasteiger partial charge on any atom is 0.329 e. The van der Waals surface area contributed by atoms with Gasteiger partial charge in [0.25, 0.3) is 5.91 Å². The van der Waals surface area contributed by atoms with Crippen molar-refractivity contribution in [3.8, 4) is 11.4 Å². The van der Waals surface area contributed by atoms with Crippen molar-refractivity contribution in [1.82, 2.24) is 25.9 Å². The number of nitrogens with zero attached hydrogens (tertiary/aromatic N) is 3. The van der Waals surface area contributed by atoms with Crippen molar-refractivity contribution in [3.63, 3.8) is 0 Å². The molecule has 1 heterocycles. The second-order valence-corrected chi connectivity index (χ2v) is 5.01. The highest BCUT2D eigenvalue weighted by atomic mass is 16.4. The lowest BCUT2D eigenvalue weighted by molar-refractivity contribution is -0.148. The third-order valence-corrected chi connectivity index (χ3v) is 3.72. The molecule has 1 aliphatic carbocycles. The van der Waals surface area contributed by atoms with E-state index in [1.165, 1.54) is 0 Å². The summed E-state index contributed by atoms with van der Waals surface area (Å²) in [6.45, 7) is 0. The van der Waals surface area contributed by atoms with Crippen LogP contribution in [0.2, 0.25) is 0 Å². The molecule has 1 aromatic carbocycles. The molecule has 1 aromatic heterocycles. The normalized spacial score (nSPS) is 16.0. The molecule has 108 valence electrons. The quantitative estimate of drug-likeness (QED) is 0.757. The number of amides is 1. The molecule has 1 saturated carbocycles. The Bertz CT molecular complexity index is 662. The van der Waals surface area contributed by atoms with Crippen molar-refractivity contribution in [2.24, 2.45) is 0 Å². The fraction of sp³-hybridized carbons (Fsp3) is 0.308. The van der Waals surface area contributed by atoms with Gasteiger partial charge in [-0.15, -0.1) is 10.2 Å². The zero-order chi connectivity index (χ0) is 14.9. The van der Waals surface area contributed by atoms with Crippen LogP contribution in [0.25, 0.3) is 11.4 Å². The SMILES string of the molecule is O=C(NC1(C(=O)O)CCC1)c1ccc(-c2nn[nH]n2)cc1. The van der Waals surface area contributed by atoms with Gasteiger partial charge in [0.1, 0.15) is 5.54 Å². The smallest absolute Gasteiger partial charge is 0.329 e. The van der Waals surface area contributed by atoms with Gasteiger partial charge in [-0.05, 0) is 36.6 Å². The molecule has 2 aromatic rings. The molecule has 1 amide bonds. The van der Waals surface area contributed by atoms with Gasteiger partial charge in [-0.2, -0.15) is 5.21 Å². The zero-order valence-corrected chi connectivity index (χ0v) is 11.0. The maximum atomic E-state index is 12.1. The number of rotatable bonds is 4. The van der Waals surface area contributed by atoms with E-state index >= 15 is 0 Å². The van der Waals surface area contributed by atoms with E-state index in [-0.39, 0.29) is 0 Å². The number of H-pyrrole nitrogens is 1. The number of carboxylic acids is 1. The van der Waals surface area contributed by atoms with Gasteiger partial charge < -0.3 is 10.4 Å². The van der Waals surface area contributed by atoms with Gasteiger partial charge in [-0.3, -0.25) is 4.79 Å². The molecular weight excluding hydrogens is 274 g/mol. The fourth-order valence-corrected chi connectivity index (χ4v) is 2.27. The summed E-state index contributed by atoms with van der Waals surface area (Å²) in [5.74, 6) is -0.940. The molecule has 0 unspecified atom stereocenters. The minimum absolute atomic E-state index is 0.392. The molecule has 1 aliphatic rings. The number of carbonyl (C=O) groups excluding carboxylic acids is 1. The van der Waals surface area contributed by atoms with Crippen LogP contribution in [-0.4, -0.2) is 43.1 Å². The Balaban J connectivity index is 1.75. The van der Waals surface area contributed by atoms with Crippen LogP contribution in [0.3, 0.4) is 0 Å². The first kappa shape index (κ1) is 13.2. The number of aromatic nitrogens is 4. The molecule has 8 heteroatoms. The van der Waals surface area contributed by atoms with Gasteiger partial charge in [-0.1, -0.05) is 12.1 Å². The first-order chi connectivity index (χ1) is 10.1. The fourth-order valence-electron chi connectivity index (χ4n) is 2.27. The van der Waals surface area contributed by atoms with E-state index in [0.29, 0.717) is 24.2 Å². The second-order valence-electron chi connectivity index (χ2n) is 5.01. The average molecular weight is 287 g/mol. The molecule has 1 fully saturated rings. The lowest BCUT2D eigenvalue weighted by atomic mass is 9.76. The predicted octanol–water partition coefficient (Wildman–Crippen LogP) is 0.604. The van der Waals surface area contributed by atoms with Crippen LogP contribution in [0.1, 0.15) is 29.6 Å². The largest absolute Gasteiger partial charge is 0.480 e. The minimum Gasteiger partial charge on any atom is -0.480 e. The van der Waals surface area contributed by atoms with Crippen LogP contribution in [0.5, 0.6) is 0 Å². The van der Waals surface area contributed by atoms with Crippen molar-refractivity contribution in [2.75, 3.05) is 0 Å². The summed E-state index contributed by atoms with van der Waals surface area (Å²) in [6, 6.07) is 6.59. The van der Waals surface area contributed by atoms with E-state index < -0.39 is 17.4 Å². The number of hydrogen-bond acceptors (Lipinski definition) is 5. The standard InChI is InChI=1S/C13H13N5O3/c19-11(14-13(12(20)21)6-1-7-13)9-4-2-8(3-5-9)10-15-17-18-16-10/h2-5H,1,6-7H2,(H,14,19)(H,20,21)(H,15,16,17,18). The summed E-state index contributed by atoms with van der Waals surface area (Å²) >= 11 is 0.